The number of aryl methyl sites for hydroxylation is 1. The van der Waals surface area contributed by atoms with Gasteiger partial charge in [-0.25, -0.2) is 0 Å². The van der Waals surface area contributed by atoms with Crippen molar-refractivity contribution in [1.29, 1.82) is 0 Å². The van der Waals surface area contributed by atoms with Gasteiger partial charge in [0.2, 0.25) is 0 Å². The average Bonchev–Trinajstić information content (AvgIpc) is 3.11. The number of anilines is 1. The zero-order valence-electron chi connectivity index (χ0n) is 16.5. The summed E-state index contributed by atoms with van der Waals surface area (Å²) in [5.74, 6) is 0.200. The molecule has 0 unspecified atom stereocenters. The van der Waals surface area contributed by atoms with Crippen LogP contribution in [0.15, 0.2) is 66.7 Å². The zero-order valence-corrected chi connectivity index (χ0v) is 16.5. The molecule has 2 nitrogen and oxygen atoms in total. The first-order valence-corrected chi connectivity index (χ1v) is 10.3. The van der Waals surface area contributed by atoms with Crippen LogP contribution in [0.25, 0.3) is 11.1 Å². The molecule has 0 aromatic heterocycles. The van der Waals surface area contributed by atoms with Gasteiger partial charge in [0.05, 0.1) is 0 Å². The highest BCUT2D eigenvalue weighted by molar-refractivity contribution is 5.97. The predicted molar refractivity (Wildman–Crippen MR) is 117 cm³/mol. The highest BCUT2D eigenvalue weighted by atomic mass is 16.1. The van der Waals surface area contributed by atoms with Crippen LogP contribution in [0.5, 0.6) is 0 Å². The lowest BCUT2D eigenvalue weighted by atomic mass is 10.0. The van der Waals surface area contributed by atoms with Gasteiger partial charge in [-0.15, -0.1) is 0 Å². The van der Waals surface area contributed by atoms with Crippen molar-refractivity contribution in [2.75, 3.05) is 11.9 Å². The number of ketones is 1. The van der Waals surface area contributed by atoms with Crippen molar-refractivity contribution in [3.63, 3.8) is 0 Å². The average molecular weight is 370 g/mol. The van der Waals surface area contributed by atoms with Crippen LogP contribution in [0, 0.1) is 0 Å². The van der Waals surface area contributed by atoms with Crippen molar-refractivity contribution < 1.29 is 4.79 Å². The third kappa shape index (κ3) is 4.01. The maximum absolute atomic E-state index is 12.6. The molecule has 1 N–H and O–H groups in total. The van der Waals surface area contributed by atoms with Crippen molar-refractivity contribution in [3.8, 4) is 11.1 Å². The van der Waals surface area contributed by atoms with E-state index in [2.05, 4.69) is 72.9 Å². The molecule has 0 spiro atoms. The van der Waals surface area contributed by atoms with Crippen LogP contribution in [0.3, 0.4) is 0 Å². The SMILES string of the molecule is CCCCc1ccc(NCCC(=O)c2ccc3c(c2)Cc2ccccc2-3)cc1. The summed E-state index contributed by atoms with van der Waals surface area (Å²) < 4.78 is 0. The lowest BCUT2D eigenvalue weighted by Gasteiger charge is -2.08. The van der Waals surface area contributed by atoms with Gasteiger partial charge in [0.15, 0.2) is 5.78 Å². The van der Waals surface area contributed by atoms with Crippen molar-refractivity contribution in [3.05, 3.63) is 89.0 Å². The van der Waals surface area contributed by atoms with Crippen molar-refractivity contribution in [1.82, 2.24) is 0 Å². The second-order valence-electron chi connectivity index (χ2n) is 7.61. The van der Waals surface area contributed by atoms with Crippen LogP contribution in [0.1, 0.15) is 53.2 Å². The fourth-order valence-electron chi connectivity index (χ4n) is 3.95. The molecule has 0 aliphatic heterocycles. The van der Waals surface area contributed by atoms with Gasteiger partial charge in [0.1, 0.15) is 0 Å². The number of benzene rings is 3. The summed E-state index contributed by atoms with van der Waals surface area (Å²) in [5.41, 5.74) is 8.48. The number of nitrogens with one attached hydrogen (secondary N) is 1. The van der Waals surface area contributed by atoms with E-state index < -0.39 is 0 Å². The number of unbranched alkanes of at least 4 members (excludes halogenated alkanes) is 1. The Morgan fingerprint density at radius 2 is 1.71 bits per heavy atom. The molecule has 0 saturated carbocycles. The number of carbonyl (C=O) groups excluding carboxylic acids is 1. The number of hydrogen-bond donors (Lipinski definition) is 1. The van der Waals surface area contributed by atoms with E-state index in [9.17, 15) is 4.79 Å². The molecule has 28 heavy (non-hydrogen) atoms. The first-order chi connectivity index (χ1) is 13.7. The van der Waals surface area contributed by atoms with Gasteiger partial charge in [-0.3, -0.25) is 4.79 Å². The van der Waals surface area contributed by atoms with Crippen LogP contribution in [-0.2, 0) is 12.8 Å². The normalized spacial score (nSPS) is 11.8. The zero-order chi connectivity index (χ0) is 19.3. The molecule has 0 amide bonds. The monoisotopic (exact) mass is 369 g/mol. The summed E-state index contributed by atoms with van der Waals surface area (Å²) in [6.45, 7) is 2.87. The van der Waals surface area contributed by atoms with E-state index in [4.69, 9.17) is 0 Å². The second-order valence-corrected chi connectivity index (χ2v) is 7.61. The Kier molecular flexibility index (Phi) is 5.57. The van der Waals surface area contributed by atoms with Crippen molar-refractivity contribution in [2.45, 2.75) is 39.0 Å². The highest BCUT2D eigenvalue weighted by Gasteiger charge is 2.19. The summed E-state index contributed by atoms with van der Waals surface area (Å²) in [5, 5.41) is 3.37. The molecule has 0 heterocycles. The molecular formula is C26H27NO. The summed E-state index contributed by atoms with van der Waals surface area (Å²) in [6, 6.07) is 23.3. The first kappa shape index (κ1) is 18.5. The van der Waals surface area contributed by atoms with Crippen LogP contribution in [0.4, 0.5) is 5.69 Å². The number of carbonyl (C=O) groups is 1. The van der Waals surface area contributed by atoms with E-state index in [1.54, 1.807) is 0 Å². The number of Topliss-reactive ketones (excluding diaryl/α,β-unsaturated/α-hetero) is 1. The predicted octanol–water partition coefficient (Wildman–Crippen LogP) is 6.29. The number of hydrogen-bond acceptors (Lipinski definition) is 2. The second kappa shape index (κ2) is 8.43. The Bertz CT molecular complexity index is 972. The largest absolute Gasteiger partial charge is 0.385 e. The Morgan fingerprint density at radius 1 is 0.929 bits per heavy atom. The lowest BCUT2D eigenvalue weighted by Crippen LogP contribution is -2.09. The molecule has 3 aromatic carbocycles. The van der Waals surface area contributed by atoms with Gasteiger partial charge in [0.25, 0.3) is 0 Å². The fraction of sp³-hybridized carbons (Fsp3) is 0.269. The van der Waals surface area contributed by atoms with Gasteiger partial charge in [-0.2, -0.15) is 0 Å². The lowest BCUT2D eigenvalue weighted by molar-refractivity contribution is 0.0986. The highest BCUT2D eigenvalue weighted by Crippen LogP contribution is 2.36. The van der Waals surface area contributed by atoms with Crippen LogP contribution in [0.2, 0.25) is 0 Å². The minimum atomic E-state index is 0.200. The third-order valence-electron chi connectivity index (χ3n) is 5.57. The molecule has 142 valence electrons. The van der Waals surface area contributed by atoms with Gasteiger partial charge in [-0.05, 0) is 65.3 Å². The minimum Gasteiger partial charge on any atom is -0.385 e. The maximum Gasteiger partial charge on any atom is 0.164 e. The van der Waals surface area contributed by atoms with Crippen LogP contribution >= 0.6 is 0 Å². The number of rotatable bonds is 8. The quantitative estimate of drug-likeness (QED) is 0.370. The van der Waals surface area contributed by atoms with Crippen molar-refractivity contribution >= 4 is 11.5 Å². The molecule has 1 aliphatic rings. The molecule has 0 bridgehead atoms. The number of fused-ring (bicyclic) bond motifs is 3. The van der Waals surface area contributed by atoms with E-state index in [0.717, 1.165) is 24.1 Å². The summed E-state index contributed by atoms with van der Waals surface area (Å²) in [4.78, 5) is 12.6. The molecule has 1 aliphatic carbocycles. The molecule has 0 radical (unpaired) electrons. The first-order valence-electron chi connectivity index (χ1n) is 10.3. The Morgan fingerprint density at radius 3 is 2.54 bits per heavy atom. The van der Waals surface area contributed by atoms with Gasteiger partial charge >= 0.3 is 0 Å². The maximum atomic E-state index is 12.6. The van der Waals surface area contributed by atoms with Crippen molar-refractivity contribution in [2.24, 2.45) is 0 Å². The van der Waals surface area contributed by atoms with Gasteiger partial charge in [-0.1, -0.05) is 61.9 Å². The Balaban J connectivity index is 1.33. The van der Waals surface area contributed by atoms with E-state index in [1.165, 1.54) is 40.7 Å². The molecule has 3 aromatic rings. The summed E-state index contributed by atoms with van der Waals surface area (Å²) in [6.07, 6.45) is 5.01. The van der Waals surface area contributed by atoms with Crippen LogP contribution < -0.4 is 5.32 Å². The van der Waals surface area contributed by atoms with E-state index in [1.807, 2.05) is 6.07 Å². The summed E-state index contributed by atoms with van der Waals surface area (Å²) >= 11 is 0. The standard InChI is InChI=1S/C26H27NO/c1-2-3-6-19-9-12-23(13-10-19)27-16-15-26(28)21-11-14-25-22(18-21)17-20-7-4-5-8-24(20)25/h4-5,7-14,18,27H,2-3,6,15-17H2,1H3. The molecule has 0 fully saturated rings. The fourth-order valence-corrected chi connectivity index (χ4v) is 3.95. The molecular weight excluding hydrogens is 342 g/mol. The third-order valence-corrected chi connectivity index (χ3v) is 5.57. The van der Waals surface area contributed by atoms with E-state index in [0.29, 0.717) is 13.0 Å². The molecule has 0 saturated heterocycles. The van der Waals surface area contributed by atoms with Gasteiger partial charge < -0.3 is 5.32 Å². The molecule has 0 atom stereocenters. The molecule has 4 rings (SSSR count). The summed E-state index contributed by atoms with van der Waals surface area (Å²) in [7, 11) is 0. The van der Waals surface area contributed by atoms with Crippen LogP contribution in [-0.4, -0.2) is 12.3 Å². The minimum absolute atomic E-state index is 0.200. The Labute approximate surface area is 167 Å². The Hall–Kier alpha value is -2.87. The van der Waals surface area contributed by atoms with E-state index in [-0.39, 0.29) is 5.78 Å². The van der Waals surface area contributed by atoms with E-state index >= 15 is 0 Å². The molecule has 2 heteroatoms. The smallest absolute Gasteiger partial charge is 0.164 e. The van der Waals surface area contributed by atoms with Gasteiger partial charge in [0, 0.05) is 24.2 Å². The topological polar surface area (TPSA) is 29.1 Å².